The van der Waals surface area contributed by atoms with Crippen molar-refractivity contribution in [3.8, 4) is 0 Å². The Morgan fingerprint density at radius 3 is 1.92 bits per heavy atom. The number of imide groups is 1. The van der Waals surface area contributed by atoms with Crippen LogP contribution in [-0.2, 0) is 109 Å². The van der Waals surface area contributed by atoms with Gasteiger partial charge in [-0.1, -0.05) is 97.5 Å². The average molecular weight is 1520 g/mol. The maximum atomic E-state index is 15.5. The summed E-state index contributed by atoms with van der Waals surface area (Å²) in [4.78, 5) is 222. The number of esters is 3. The first-order valence-corrected chi connectivity index (χ1v) is 35.4. The molecular formula is C73H105N13O22. The highest BCUT2D eigenvalue weighted by Crippen LogP contribution is 2.24. The van der Waals surface area contributed by atoms with Crippen LogP contribution >= 0.6 is 0 Å². The predicted molar refractivity (Wildman–Crippen MR) is 388 cm³/mol. The Hall–Kier alpha value is -10.8. The molecule has 2 aliphatic rings. The van der Waals surface area contributed by atoms with Gasteiger partial charge in [-0.3, -0.25) is 57.6 Å². The summed E-state index contributed by atoms with van der Waals surface area (Å²) in [6, 6.07) is 1.75. The number of rotatable bonds is 30. The number of benzene rings is 2. The fraction of sp³-hybridized carbons (Fsp3) is 0.562. The number of nitrogens with zero attached hydrogens (tertiary/aromatic N) is 4. The van der Waals surface area contributed by atoms with Gasteiger partial charge in [-0.05, 0) is 81.5 Å². The quantitative estimate of drug-likeness (QED) is 0.0172. The largest absolute Gasteiger partial charge is 0.508 e. The highest BCUT2D eigenvalue weighted by molar-refractivity contribution is 6.13. The van der Waals surface area contributed by atoms with Gasteiger partial charge in [0.15, 0.2) is 24.2 Å². The first kappa shape index (κ1) is 89.6. The minimum Gasteiger partial charge on any atom is -0.458 e. The van der Waals surface area contributed by atoms with Crippen molar-refractivity contribution in [2.45, 2.75) is 201 Å². The van der Waals surface area contributed by atoms with Gasteiger partial charge in [-0.2, -0.15) is 0 Å². The van der Waals surface area contributed by atoms with Crippen LogP contribution in [0.5, 0.6) is 0 Å². The van der Waals surface area contributed by atoms with Gasteiger partial charge >= 0.3 is 30.1 Å². The molecule has 2 aromatic carbocycles. The maximum absolute atomic E-state index is 15.5. The summed E-state index contributed by atoms with van der Waals surface area (Å²) < 4.78 is 34.7. The first-order valence-electron chi connectivity index (χ1n) is 35.4. The number of carbonyl (C=O) groups is 16. The van der Waals surface area contributed by atoms with Crippen molar-refractivity contribution < 1.29 is 105 Å². The minimum atomic E-state index is -2.02. The van der Waals surface area contributed by atoms with Crippen LogP contribution in [0.15, 0.2) is 79.0 Å². The summed E-state index contributed by atoms with van der Waals surface area (Å²) in [7, 11) is 4.70. The fourth-order valence-corrected chi connectivity index (χ4v) is 11.2. The van der Waals surface area contributed by atoms with Crippen molar-refractivity contribution in [1.29, 1.82) is 0 Å². The molecule has 13 atom stereocenters. The van der Waals surface area contributed by atoms with Gasteiger partial charge in [-0.15, -0.1) is 0 Å². The Morgan fingerprint density at radius 2 is 1.35 bits per heavy atom. The highest BCUT2D eigenvalue weighted by Gasteiger charge is 2.47. The van der Waals surface area contributed by atoms with Crippen molar-refractivity contribution in [2.24, 2.45) is 23.5 Å². The molecule has 1 saturated heterocycles. The molecule has 0 radical (unpaired) electrons. The number of ether oxygens (including phenoxy) is 6. The molecule has 2 aliphatic heterocycles. The van der Waals surface area contributed by atoms with Crippen LogP contribution in [-0.4, -0.2) is 241 Å². The smallest absolute Gasteiger partial charge is 0.458 e. The van der Waals surface area contributed by atoms with Crippen LogP contribution in [0.1, 0.15) is 120 Å². The van der Waals surface area contributed by atoms with Gasteiger partial charge in [0.05, 0.1) is 12.1 Å². The SMILES string of the molecule is C=C1C(=O)N[C@@H](C)C(=O)N(C)[C@@H](C)C(=O)N[C@@H]([C@H](OC(=O)[C@@H](NC(=O)CC)[C@H](OC(=O)OCc2ccc(NC(=O)[C@H](CCCNC(N)=O)NC[C@@H](NC(=O)CCN3C(=O)C=CC3=O)C(C)C)cc2)C(C)C)C(C)C)C(=O)N(C)[C@@H]([C@@H](C)OC)C(=O)O[C@H](C)[C@H](NC(C)=O)C(=O)O[C@H](Cc2ccccc2)C(=O)N1C. The summed E-state index contributed by atoms with van der Waals surface area (Å²) in [5.41, 5.74) is 5.92. The number of primary amides is 1. The third kappa shape index (κ3) is 26.6. The Balaban J connectivity index is 1.66. The van der Waals surface area contributed by atoms with Crippen molar-refractivity contribution in [2.75, 3.05) is 53.2 Å². The summed E-state index contributed by atoms with van der Waals surface area (Å²) in [6.07, 6.45) is -7.23. The summed E-state index contributed by atoms with van der Waals surface area (Å²) in [6.45, 7) is 20.9. The van der Waals surface area contributed by atoms with Crippen molar-refractivity contribution >= 4 is 101 Å². The standard InChI is InChI=1S/C73H105N13O22/c1-18-53(88)81-59(62(40(6)7)108-73(102)104-37-48-26-28-49(29-27-48)79-65(94)50(25-22-33-75-72(74)101)76-36-51(38(2)3)80-54(89)32-34-86-55(90)30-31-56(86)91)70(99)107-61(39(4)5)58-68(97)85(16)60(45(12)103-17)71(100)105-44(11)57(78-46(13)87)69(98)106-52(35-47-23-20-19-21-24-47)67(96)84(15)42(9)63(92)77-41(8)66(95)83(14)43(10)64(93)82-58/h19-21,23-24,26-31,38-41,43-45,50-52,57-62,76H,9,18,22,25,32-37H2,1-8,10-17H3,(H,77,92)(H,78,87)(H,79,94)(H,80,89)(H,81,88)(H,82,93)(H3,74,75,101)/t41-,43-,44+,45+,50-,51+,52+,57-,58-,59-,60-,61+,62+/m0/s1. The second kappa shape index (κ2) is 42.5. The molecule has 0 unspecified atom stereocenters. The second-order valence-corrected chi connectivity index (χ2v) is 27.2. The number of hydrogen-bond donors (Lipinski definition) is 9. The number of urea groups is 1. The van der Waals surface area contributed by atoms with Gasteiger partial charge in [0, 0.05) is 98.0 Å². The zero-order chi connectivity index (χ0) is 81.1. The lowest BCUT2D eigenvalue weighted by Gasteiger charge is -2.38. The van der Waals surface area contributed by atoms with Crippen molar-refractivity contribution in [1.82, 2.24) is 56.8 Å². The van der Waals surface area contributed by atoms with E-state index in [9.17, 15) is 67.1 Å². The van der Waals surface area contributed by atoms with E-state index < -0.39 is 198 Å². The summed E-state index contributed by atoms with van der Waals surface area (Å²) in [5, 5.41) is 21.3. The molecule has 35 heteroatoms. The molecule has 2 aromatic rings. The number of anilines is 1. The summed E-state index contributed by atoms with van der Waals surface area (Å²) in [5.74, 6) is -14.4. The van der Waals surface area contributed by atoms with E-state index in [1.54, 1.807) is 44.2 Å². The Kier molecular flexibility index (Phi) is 35.2. The van der Waals surface area contributed by atoms with E-state index in [1.807, 2.05) is 13.8 Å². The third-order valence-corrected chi connectivity index (χ3v) is 18.0. The Labute approximate surface area is 627 Å². The van der Waals surface area contributed by atoms with E-state index in [0.717, 1.165) is 45.7 Å². The van der Waals surface area contributed by atoms with Crippen LogP contribution in [0, 0.1) is 17.8 Å². The molecule has 13 amide bonds. The molecule has 0 aromatic heterocycles. The van der Waals surface area contributed by atoms with Gasteiger partial charge in [0.2, 0.25) is 41.4 Å². The number of cyclic esters (lactones) is 2. The molecular weight excluding hydrogens is 1410 g/mol. The van der Waals surface area contributed by atoms with E-state index in [1.165, 1.54) is 93.9 Å². The number of nitrogens with two attached hydrogens (primary N) is 1. The van der Waals surface area contributed by atoms with E-state index >= 15 is 9.59 Å². The number of likely N-dealkylation sites (N-methyl/N-ethyl adjacent to an activating group) is 3. The van der Waals surface area contributed by atoms with Crippen LogP contribution in [0.4, 0.5) is 15.3 Å². The van der Waals surface area contributed by atoms with Crippen molar-refractivity contribution in [3.05, 3.63) is 90.2 Å². The molecule has 2 heterocycles. The molecule has 0 spiro atoms. The topological polar surface area (TPSA) is 464 Å². The zero-order valence-corrected chi connectivity index (χ0v) is 64.0. The molecule has 4 rings (SSSR count). The Morgan fingerprint density at radius 1 is 0.722 bits per heavy atom. The number of nitrogens with one attached hydrogen (secondary N) is 8. The van der Waals surface area contributed by atoms with Crippen LogP contribution in [0.25, 0.3) is 0 Å². The van der Waals surface area contributed by atoms with Gasteiger partial charge < -0.3 is 91.4 Å². The van der Waals surface area contributed by atoms with E-state index in [-0.39, 0.29) is 51.2 Å². The van der Waals surface area contributed by atoms with E-state index in [4.69, 9.17) is 34.2 Å². The third-order valence-electron chi connectivity index (χ3n) is 18.0. The molecule has 10 N–H and O–H groups in total. The molecule has 0 aliphatic carbocycles. The van der Waals surface area contributed by atoms with Crippen molar-refractivity contribution in [3.63, 3.8) is 0 Å². The highest BCUT2D eigenvalue weighted by atomic mass is 16.7. The molecule has 0 saturated carbocycles. The maximum Gasteiger partial charge on any atom is 0.508 e. The van der Waals surface area contributed by atoms with Crippen LogP contribution in [0.3, 0.4) is 0 Å². The number of hydrogen-bond acceptors (Lipinski definition) is 23. The predicted octanol–water partition coefficient (Wildman–Crippen LogP) is 0.903. The Bertz CT molecular complexity index is 3590. The lowest BCUT2D eigenvalue weighted by molar-refractivity contribution is -0.174. The lowest BCUT2D eigenvalue weighted by atomic mass is 9.95. The zero-order valence-electron chi connectivity index (χ0n) is 64.0. The lowest BCUT2D eigenvalue weighted by Crippen LogP contribution is -2.64. The average Bonchev–Trinajstić information content (AvgIpc) is 0.949. The monoisotopic (exact) mass is 1520 g/mol. The van der Waals surface area contributed by atoms with Gasteiger partial charge in [0.1, 0.15) is 48.7 Å². The molecule has 35 nitrogen and oxygen atoms in total. The number of methoxy groups -OCH3 is 1. The van der Waals surface area contributed by atoms with Crippen LogP contribution < -0.4 is 48.3 Å². The number of carbonyl (C=O) groups excluding carboxylic acids is 16. The fourth-order valence-electron chi connectivity index (χ4n) is 11.2. The van der Waals surface area contributed by atoms with Gasteiger partial charge in [0.25, 0.3) is 23.6 Å². The van der Waals surface area contributed by atoms with E-state index in [2.05, 4.69) is 49.1 Å². The molecule has 0 bridgehead atoms. The number of amides is 13. The molecule has 594 valence electrons. The summed E-state index contributed by atoms with van der Waals surface area (Å²) >= 11 is 0. The molecule has 108 heavy (non-hydrogen) atoms. The molecule has 1 fully saturated rings. The van der Waals surface area contributed by atoms with Gasteiger partial charge in [-0.25, -0.2) is 24.0 Å². The second-order valence-electron chi connectivity index (χ2n) is 27.2. The van der Waals surface area contributed by atoms with Crippen LogP contribution in [0.2, 0.25) is 0 Å². The minimum absolute atomic E-state index is 0.114. The van der Waals surface area contributed by atoms with E-state index in [0.29, 0.717) is 23.2 Å². The normalized spacial score (nSPS) is 21.2. The first-order chi connectivity index (χ1) is 50.7.